The minimum Gasteiger partial charge on any atom is -0.358 e. The van der Waals surface area contributed by atoms with Crippen molar-refractivity contribution in [1.29, 1.82) is 0 Å². The quantitative estimate of drug-likeness (QED) is 0.398. The van der Waals surface area contributed by atoms with E-state index in [0.717, 1.165) is 12.1 Å². The summed E-state index contributed by atoms with van der Waals surface area (Å²) >= 11 is 4.43. The highest BCUT2D eigenvalue weighted by Gasteiger charge is 2.20. The summed E-state index contributed by atoms with van der Waals surface area (Å²) in [6.07, 6.45) is 0. The third-order valence-electron chi connectivity index (χ3n) is 3.51. The summed E-state index contributed by atoms with van der Waals surface area (Å²) in [5.41, 5.74) is -0.145. The molecule has 0 amide bonds. The number of ether oxygens (including phenoxy) is 1. The molecule has 0 bridgehead atoms. The van der Waals surface area contributed by atoms with Crippen LogP contribution < -0.4 is 0 Å². The van der Waals surface area contributed by atoms with E-state index in [1.54, 1.807) is 5.38 Å². The van der Waals surface area contributed by atoms with Crippen molar-refractivity contribution >= 4 is 46.4 Å². The third-order valence-corrected chi connectivity index (χ3v) is 6.80. The topological polar surface area (TPSA) is 52.8 Å². The van der Waals surface area contributed by atoms with E-state index in [0.29, 0.717) is 16.2 Å². The van der Waals surface area contributed by atoms with Crippen LogP contribution in [0.4, 0.5) is 8.78 Å². The van der Waals surface area contributed by atoms with Crippen molar-refractivity contribution in [2.24, 2.45) is 0 Å². The van der Waals surface area contributed by atoms with Crippen molar-refractivity contribution in [2.45, 2.75) is 32.4 Å². The SMILES string of the molecule is C[Si](C)(C)CCOCn1nc2c(F)cc(-c3nc(Br)cs3)c(F)c2n1. The Kier molecular flexibility index (Phi) is 5.33. The number of hydrogen-bond donors (Lipinski definition) is 0. The first-order valence-electron chi connectivity index (χ1n) is 7.66. The van der Waals surface area contributed by atoms with E-state index in [1.165, 1.54) is 16.1 Å². The molecule has 1 aromatic carbocycles. The highest BCUT2D eigenvalue weighted by Crippen LogP contribution is 2.32. The van der Waals surface area contributed by atoms with Crippen LogP contribution in [0.25, 0.3) is 21.6 Å². The van der Waals surface area contributed by atoms with Gasteiger partial charge in [-0.2, -0.15) is 4.80 Å². The zero-order valence-corrected chi connectivity index (χ0v) is 17.4. The smallest absolute Gasteiger partial charge is 0.163 e. The van der Waals surface area contributed by atoms with Crippen LogP contribution in [-0.2, 0) is 11.5 Å². The largest absolute Gasteiger partial charge is 0.358 e. The van der Waals surface area contributed by atoms with E-state index >= 15 is 0 Å². The summed E-state index contributed by atoms with van der Waals surface area (Å²) in [6.45, 7) is 7.40. The molecule has 0 fully saturated rings. The van der Waals surface area contributed by atoms with Gasteiger partial charge >= 0.3 is 0 Å². The summed E-state index contributed by atoms with van der Waals surface area (Å²) in [6, 6.07) is 2.10. The first-order valence-corrected chi connectivity index (χ1v) is 13.0. The zero-order valence-electron chi connectivity index (χ0n) is 14.0. The molecule has 2 aromatic heterocycles. The van der Waals surface area contributed by atoms with Gasteiger partial charge in [0, 0.05) is 20.1 Å². The highest BCUT2D eigenvalue weighted by atomic mass is 79.9. The van der Waals surface area contributed by atoms with Crippen LogP contribution in [0.3, 0.4) is 0 Å². The molecule has 2 heterocycles. The molecular formula is C15H17BrF2N4OSSi. The van der Waals surface area contributed by atoms with Crippen molar-refractivity contribution in [3.05, 3.63) is 27.7 Å². The lowest BCUT2D eigenvalue weighted by Crippen LogP contribution is -2.22. The maximum absolute atomic E-state index is 14.7. The lowest BCUT2D eigenvalue weighted by molar-refractivity contribution is 0.0692. The normalized spacial score (nSPS) is 12.2. The first kappa shape index (κ1) is 18.6. The Morgan fingerprint density at radius 2 is 1.96 bits per heavy atom. The third kappa shape index (κ3) is 4.30. The summed E-state index contributed by atoms with van der Waals surface area (Å²) in [5, 5.41) is 10.1. The van der Waals surface area contributed by atoms with Gasteiger partial charge in [-0.1, -0.05) is 19.6 Å². The van der Waals surface area contributed by atoms with Gasteiger partial charge in [0.25, 0.3) is 0 Å². The predicted octanol–water partition coefficient (Wildman–Crippen LogP) is 4.91. The van der Waals surface area contributed by atoms with Gasteiger partial charge in [-0.15, -0.1) is 21.5 Å². The second-order valence-electron chi connectivity index (χ2n) is 6.81. The van der Waals surface area contributed by atoms with Crippen molar-refractivity contribution < 1.29 is 13.5 Å². The van der Waals surface area contributed by atoms with E-state index < -0.39 is 19.7 Å². The molecule has 0 aliphatic heterocycles. The average Bonchev–Trinajstić information content (AvgIpc) is 3.13. The van der Waals surface area contributed by atoms with Crippen LogP contribution in [-0.4, -0.2) is 34.7 Å². The van der Waals surface area contributed by atoms with E-state index in [1.807, 2.05) is 0 Å². The van der Waals surface area contributed by atoms with Crippen LogP contribution in [0.2, 0.25) is 25.7 Å². The minimum absolute atomic E-state index is 0.0656. The van der Waals surface area contributed by atoms with Crippen LogP contribution in [0.5, 0.6) is 0 Å². The van der Waals surface area contributed by atoms with E-state index in [9.17, 15) is 8.78 Å². The van der Waals surface area contributed by atoms with E-state index in [4.69, 9.17) is 4.74 Å². The van der Waals surface area contributed by atoms with Crippen LogP contribution >= 0.6 is 27.3 Å². The minimum atomic E-state index is -1.19. The maximum atomic E-state index is 14.7. The van der Waals surface area contributed by atoms with Gasteiger partial charge in [0.15, 0.2) is 29.4 Å². The van der Waals surface area contributed by atoms with Crippen molar-refractivity contribution in [3.63, 3.8) is 0 Å². The number of aromatic nitrogens is 4. The zero-order chi connectivity index (χ0) is 18.2. The number of benzene rings is 1. The second kappa shape index (κ2) is 7.18. The number of rotatable bonds is 6. The molecule has 0 spiro atoms. The summed E-state index contributed by atoms with van der Waals surface area (Å²) in [5.74, 6) is -1.27. The Morgan fingerprint density at radius 1 is 1.24 bits per heavy atom. The first-order chi connectivity index (χ1) is 11.7. The maximum Gasteiger partial charge on any atom is 0.163 e. The lowest BCUT2D eigenvalue weighted by Gasteiger charge is -2.14. The van der Waals surface area contributed by atoms with Crippen LogP contribution in [0, 0.1) is 11.6 Å². The summed E-state index contributed by atoms with van der Waals surface area (Å²) in [4.78, 5) is 5.32. The molecule has 0 unspecified atom stereocenters. The molecule has 10 heteroatoms. The molecule has 0 radical (unpaired) electrons. The molecule has 134 valence electrons. The van der Waals surface area contributed by atoms with E-state index in [-0.39, 0.29) is 23.3 Å². The number of fused-ring (bicyclic) bond motifs is 1. The Balaban J connectivity index is 1.85. The fourth-order valence-corrected chi connectivity index (χ4v) is 4.18. The van der Waals surface area contributed by atoms with Gasteiger partial charge in [0.05, 0.1) is 5.56 Å². The average molecular weight is 447 g/mol. The molecule has 3 aromatic rings. The molecule has 0 aliphatic rings. The number of halogens is 3. The fourth-order valence-electron chi connectivity index (χ4n) is 2.16. The number of hydrogen-bond acceptors (Lipinski definition) is 5. The molecule has 0 N–H and O–H groups in total. The lowest BCUT2D eigenvalue weighted by atomic mass is 10.2. The molecule has 0 saturated carbocycles. The van der Waals surface area contributed by atoms with Gasteiger partial charge in [-0.3, -0.25) is 0 Å². The number of nitrogens with zero attached hydrogens (tertiary/aromatic N) is 4. The highest BCUT2D eigenvalue weighted by molar-refractivity contribution is 9.10. The Labute approximate surface area is 157 Å². The van der Waals surface area contributed by atoms with Gasteiger partial charge in [0.1, 0.15) is 9.61 Å². The fraction of sp³-hybridized carbons (Fsp3) is 0.400. The van der Waals surface area contributed by atoms with Crippen LogP contribution in [0.1, 0.15) is 0 Å². The summed E-state index contributed by atoms with van der Waals surface area (Å²) < 4.78 is 35.2. The molecule has 3 rings (SSSR count). The van der Waals surface area contributed by atoms with Gasteiger partial charge in [-0.25, -0.2) is 13.8 Å². The van der Waals surface area contributed by atoms with Gasteiger partial charge in [-0.05, 0) is 28.0 Å². The van der Waals surface area contributed by atoms with Crippen molar-refractivity contribution in [1.82, 2.24) is 20.0 Å². The van der Waals surface area contributed by atoms with Gasteiger partial charge < -0.3 is 4.74 Å². The molecule has 5 nitrogen and oxygen atoms in total. The van der Waals surface area contributed by atoms with Crippen molar-refractivity contribution in [3.8, 4) is 10.6 Å². The Hall–Kier alpha value is -1.23. The summed E-state index contributed by atoms with van der Waals surface area (Å²) in [7, 11) is -1.19. The Morgan fingerprint density at radius 3 is 2.60 bits per heavy atom. The van der Waals surface area contributed by atoms with Crippen LogP contribution in [0.15, 0.2) is 16.0 Å². The molecule has 25 heavy (non-hydrogen) atoms. The monoisotopic (exact) mass is 446 g/mol. The predicted molar refractivity (Wildman–Crippen MR) is 100 cm³/mol. The number of thiazole rings is 1. The second-order valence-corrected chi connectivity index (χ2v) is 14.1. The Bertz CT molecular complexity index is 909. The van der Waals surface area contributed by atoms with Crippen molar-refractivity contribution in [2.75, 3.05) is 6.61 Å². The molecule has 0 atom stereocenters. The van der Waals surface area contributed by atoms with E-state index in [2.05, 4.69) is 50.8 Å². The molecule has 0 saturated heterocycles. The standard InChI is InChI=1S/C15H17BrF2N4OSSi/c1-25(2,3)5-4-23-8-22-20-13-10(17)6-9(12(18)14(13)21-22)15-19-11(16)7-24-15/h6-7H,4-5,8H2,1-3H3. The van der Waals surface area contributed by atoms with Gasteiger partial charge in [0.2, 0.25) is 0 Å². The molecule has 0 aliphatic carbocycles. The molecular weight excluding hydrogens is 430 g/mol.